The van der Waals surface area contributed by atoms with Crippen LogP contribution in [0.1, 0.15) is 0 Å². The molecule has 1 rings (SSSR count). The fourth-order valence-corrected chi connectivity index (χ4v) is 0.386. The van der Waals surface area contributed by atoms with Crippen LogP contribution in [0.3, 0.4) is 0 Å². The van der Waals surface area contributed by atoms with Gasteiger partial charge in [0.2, 0.25) is 0 Å². The van der Waals surface area contributed by atoms with Crippen LogP contribution in [0.2, 0.25) is 0 Å². The maximum absolute atomic E-state index is 4.71. The van der Waals surface area contributed by atoms with Crippen molar-refractivity contribution < 1.29 is 4.52 Å². The van der Waals surface area contributed by atoms with Crippen LogP contribution in [0.25, 0.3) is 0 Å². The van der Waals surface area contributed by atoms with Gasteiger partial charge < -0.3 is 4.52 Å². The molecule has 0 amide bonds. The van der Waals surface area contributed by atoms with Crippen LogP contribution in [-0.2, 0) is 0 Å². The molecule has 1 heterocycles. The summed E-state index contributed by atoms with van der Waals surface area (Å²) < 4.78 is 4.71. The summed E-state index contributed by atoms with van der Waals surface area (Å²) in [6, 6.07) is 7.45. The third-order valence-corrected chi connectivity index (χ3v) is 0.712. The van der Waals surface area contributed by atoms with Gasteiger partial charge in [0, 0.05) is 6.20 Å². The highest BCUT2D eigenvalue weighted by Gasteiger charge is 1.57. The van der Waals surface area contributed by atoms with Gasteiger partial charge in [0.05, 0.1) is 0 Å². The van der Waals surface area contributed by atoms with Crippen LogP contribution >= 0.6 is 0 Å². The zero-order valence-corrected chi connectivity index (χ0v) is 4.37. The molecule has 2 heteroatoms. The Labute approximate surface area is 47.4 Å². The zero-order chi connectivity index (χ0) is 5.66. The van der Waals surface area contributed by atoms with Crippen LogP contribution < -0.4 is 0 Å². The second kappa shape index (κ2) is 2.91. The van der Waals surface area contributed by atoms with E-state index < -0.39 is 0 Å². The quantitative estimate of drug-likeness (QED) is 0.540. The van der Waals surface area contributed by atoms with E-state index in [1.807, 2.05) is 18.2 Å². The number of hydrogen-bond acceptors (Lipinski definition) is 1. The standard InChI is InChI=1S/C6H7NO/c1-2-4-6-8-7-5-3-1/h1-7H. The third-order valence-electron chi connectivity index (χ3n) is 0.712. The van der Waals surface area contributed by atoms with Crippen LogP contribution in [-0.4, -0.2) is 5.16 Å². The second-order valence-corrected chi connectivity index (χ2v) is 1.31. The van der Waals surface area contributed by atoms with Crippen molar-refractivity contribution in [2.45, 2.75) is 0 Å². The average molecular weight is 109 g/mol. The molecule has 8 heavy (non-hydrogen) atoms. The molecule has 1 N–H and O–H groups in total. The number of hydrogen-bond donors (Lipinski definition) is 1. The SMILES string of the molecule is c1ccco[nH]cc1. The summed E-state index contributed by atoms with van der Waals surface area (Å²) in [5.41, 5.74) is 0. The van der Waals surface area contributed by atoms with E-state index >= 15 is 0 Å². The molecule has 0 aliphatic rings. The van der Waals surface area contributed by atoms with Crippen molar-refractivity contribution in [1.82, 2.24) is 5.16 Å². The van der Waals surface area contributed by atoms with Crippen LogP contribution in [0.4, 0.5) is 0 Å². The first-order valence-electron chi connectivity index (χ1n) is 2.40. The van der Waals surface area contributed by atoms with Crippen molar-refractivity contribution in [3.05, 3.63) is 36.7 Å². The van der Waals surface area contributed by atoms with Gasteiger partial charge in [0.1, 0.15) is 6.26 Å². The molecule has 0 aliphatic heterocycles. The summed E-state index contributed by atoms with van der Waals surface area (Å²) in [5, 5.41) is 2.57. The van der Waals surface area contributed by atoms with Gasteiger partial charge in [-0.3, -0.25) is 0 Å². The molecule has 1 aromatic rings. The Balaban J connectivity index is 3.00. The van der Waals surface area contributed by atoms with E-state index in [1.54, 1.807) is 18.5 Å². The fraction of sp³-hybridized carbons (Fsp3) is 0. The molecule has 42 valence electrons. The molecule has 0 saturated heterocycles. The smallest absolute Gasteiger partial charge is 0.119 e. The minimum Gasteiger partial charge on any atom is -0.391 e. The fourth-order valence-electron chi connectivity index (χ4n) is 0.386. The van der Waals surface area contributed by atoms with E-state index in [0.29, 0.717) is 0 Å². The Morgan fingerprint density at radius 1 is 1.00 bits per heavy atom. The zero-order valence-electron chi connectivity index (χ0n) is 4.37. The first kappa shape index (κ1) is 4.97. The molecule has 0 atom stereocenters. The Kier molecular flexibility index (Phi) is 1.80. The molecule has 0 fully saturated rings. The lowest BCUT2D eigenvalue weighted by atomic mass is 10.5. The number of aromatic amines is 1. The number of nitrogens with one attached hydrogen (secondary N) is 1. The lowest BCUT2D eigenvalue weighted by Gasteiger charge is -1.74. The summed E-state index contributed by atoms with van der Waals surface area (Å²) in [7, 11) is 0. The van der Waals surface area contributed by atoms with E-state index in [-0.39, 0.29) is 0 Å². The number of H-pyrrole nitrogens is 1. The van der Waals surface area contributed by atoms with Gasteiger partial charge in [-0.15, -0.1) is 0 Å². The number of rotatable bonds is 0. The molecule has 0 aromatic carbocycles. The predicted molar refractivity (Wildman–Crippen MR) is 30.7 cm³/mol. The van der Waals surface area contributed by atoms with Crippen molar-refractivity contribution in [3.63, 3.8) is 0 Å². The molecule has 0 aliphatic carbocycles. The van der Waals surface area contributed by atoms with E-state index in [9.17, 15) is 0 Å². The van der Waals surface area contributed by atoms with Gasteiger partial charge in [-0.25, -0.2) is 5.16 Å². The summed E-state index contributed by atoms with van der Waals surface area (Å²) in [4.78, 5) is 0. The summed E-state index contributed by atoms with van der Waals surface area (Å²) in [6.07, 6.45) is 3.28. The molecular weight excluding hydrogens is 102 g/mol. The van der Waals surface area contributed by atoms with Gasteiger partial charge in [0.25, 0.3) is 0 Å². The highest BCUT2D eigenvalue weighted by atomic mass is 16.4. The third kappa shape index (κ3) is 1.51. The minimum atomic E-state index is 1.57. The van der Waals surface area contributed by atoms with Crippen molar-refractivity contribution in [1.29, 1.82) is 0 Å². The Morgan fingerprint density at radius 2 is 1.88 bits per heavy atom. The molecule has 0 radical (unpaired) electrons. The first-order chi connectivity index (χ1) is 4.00. The maximum Gasteiger partial charge on any atom is 0.119 e. The van der Waals surface area contributed by atoms with Crippen LogP contribution in [0.5, 0.6) is 0 Å². The lowest BCUT2D eigenvalue weighted by Crippen LogP contribution is -1.57. The normalized spacial score (nSPS) is 8.00. The Hall–Kier alpha value is -1.18. The first-order valence-corrected chi connectivity index (χ1v) is 2.40. The Morgan fingerprint density at radius 3 is 2.88 bits per heavy atom. The van der Waals surface area contributed by atoms with Crippen LogP contribution in [0.15, 0.2) is 41.2 Å². The van der Waals surface area contributed by atoms with Gasteiger partial charge in [-0.05, 0) is 12.1 Å². The van der Waals surface area contributed by atoms with Crippen molar-refractivity contribution in [2.24, 2.45) is 0 Å². The van der Waals surface area contributed by atoms with E-state index in [2.05, 4.69) is 5.16 Å². The van der Waals surface area contributed by atoms with Gasteiger partial charge in [-0.2, -0.15) is 0 Å². The van der Waals surface area contributed by atoms with Crippen molar-refractivity contribution >= 4 is 0 Å². The van der Waals surface area contributed by atoms with E-state index in [4.69, 9.17) is 4.52 Å². The molecule has 0 saturated carbocycles. The minimum absolute atomic E-state index is 1.57. The lowest BCUT2D eigenvalue weighted by molar-refractivity contribution is 0.403. The maximum atomic E-state index is 4.71. The summed E-state index contributed by atoms with van der Waals surface area (Å²) >= 11 is 0. The number of aromatic nitrogens is 1. The molecular formula is C6H7NO. The molecule has 0 unspecified atom stereocenters. The summed E-state index contributed by atoms with van der Waals surface area (Å²) in [5.74, 6) is 0. The van der Waals surface area contributed by atoms with Crippen molar-refractivity contribution in [2.75, 3.05) is 0 Å². The van der Waals surface area contributed by atoms with Crippen LogP contribution in [0, 0.1) is 0 Å². The molecule has 2 nitrogen and oxygen atoms in total. The molecule has 0 spiro atoms. The highest BCUT2D eigenvalue weighted by Crippen LogP contribution is 1.75. The van der Waals surface area contributed by atoms with E-state index in [0.717, 1.165) is 0 Å². The highest BCUT2D eigenvalue weighted by molar-refractivity contribution is 4.86. The average Bonchev–Trinajstić information content (AvgIpc) is 1.62. The molecule has 0 bridgehead atoms. The van der Waals surface area contributed by atoms with Crippen molar-refractivity contribution in [3.8, 4) is 0 Å². The largest absolute Gasteiger partial charge is 0.391 e. The monoisotopic (exact) mass is 109 g/mol. The summed E-state index contributed by atoms with van der Waals surface area (Å²) in [6.45, 7) is 0. The molecule has 1 aromatic heterocycles. The Bertz CT molecular complexity index is 113. The van der Waals surface area contributed by atoms with Gasteiger partial charge >= 0.3 is 0 Å². The topological polar surface area (TPSA) is 28.9 Å². The van der Waals surface area contributed by atoms with E-state index in [1.165, 1.54) is 0 Å². The predicted octanol–water partition coefficient (Wildman–Crippen LogP) is 1.73. The second-order valence-electron chi connectivity index (χ2n) is 1.31. The van der Waals surface area contributed by atoms with Gasteiger partial charge in [0.15, 0.2) is 0 Å². The van der Waals surface area contributed by atoms with Gasteiger partial charge in [-0.1, -0.05) is 12.1 Å².